The summed E-state index contributed by atoms with van der Waals surface area (Å²) in [5.41, 5.74) is 2.05. The normalized spacial score (nSPS) is 27.1. The summed E-state index contributed by atoms with van der Waals surface area (Å²) in [6.07, 6.45) is 14.5. The average molecular weight is 496 g/mol. The van der Waals surface area contributed by atoms with Gasteiger partial charge in [0.15, 0.2) is 5.65 Å². The highest BCUT2D eigenvalue weighted by molar-refractivity contribution is 7.89. The number of hydrogen-bond acceptors (Lipinski definition) is 5. The molecule has 3 fully saturated rings. The summed E-state index contributed by atoms with van der Waals surface area (Å²) >= 11 is 0. The second-order valence-corrected chi connectivity index (χ2v) is 13.0. The molecule has 1 unspecified atom stereocenters. The Hall–Kier alpha value is -2.03. The number of likely N-dealkylation sites (tertiary alicyclic amines) is 1. The van der Waals surface area contributed by atoms with Crippen molar-refractivity contribution in [2.75, 3.05) is 38.5 Å². The van der Waals surface area contributed by atoms with Crippen LogP contribution in [0.4, 0.5) is 0 Å². The smallest absolute Gasteiger partial charge is 0.214 e. The summed E-state index contributed by atoms with van der Waals surface area (Å²) in [7, 11) is -3.20. The van der Waals surface area contributed by atoms with Gasteiger partial charge in [-0.2, -0.15) is 0 Å². The van der Waals surface area contributed by atoms with Gasteiger partial charge in [0, 0.05) is 60.1 Å². The molecule has 0 amide bonds. The molecule has 8 heteroatoms. The first-order valence-corrected chi connectivity index (χ1v) is 15.1. The Morgan fingerprint density at radius 1 is 0.943 bits per heavy atom. The Kier molecular flexibility index (Phi) is 6.54. The molecule has 0 aromatic carbocycles. The molecular weight excluding hydrogens is 458 g/mol. The van der Waals surface area contributed by atoms with Crippen molar-refractivity contribution in [3.8, 4) is 0 Å². The Bertz CT molecular complexity index is 1280. The molecule has 1 aliphatic carbocycles. The van der Waals surface area contributed by atoms with E-state index in [2.05, 4.69) is 32.0 Å². The van der Waals surface area contributed by atoms with Crippen LogP contribution in [0.1, 0.15) is 63.0 Å². The van der Waals surface area contributed by atoms with Gasteiger partial charge in [-0.15, -0.1) is 0 Å². The monoisotopic (exact) mass is 495 g/mol. The molecule has 3 aromatic heterocycles. The number of aromatic amines is 1. The number of H-pyrrole nitrogens is 1. The van der Waals surface area contributed by atoms with Gasteiger partial charge in [-0.1, -0.05) is 0 Å². The lowest BCUT2D eigenvalue weighted by Gasteiger charge is -2.35. The summed E-state index contributed by atoms with van der Waals surface area (Å²) in [6.45, 7) is 4.87. The van der Waals surface area contributed by atoms with E-state index in [0.29, 0.717) is 24.1 Å². The Balaban J connectivity index is 1.10. The number of aromatic nitrogens is 3. The highest BCUT2D eigenvalue weighted by Gasteiger charge is 2.34. The first kappa shape index (κ1) is 23.4. The predicted octanol–water partition coefficient (Wildman–Crippen LogP) is 4.52. The van der Waals surface area contributed by atoms with E-state index in [1.807, 2.05) is 22.9 Å². The van der Waals surface area contributed by atoms with Crippen LogP contribution in [0.25, 0.3) is 21.8 Å². The first-order chi connectivity index (χ1) is 17.1. The molecule has 1 saturated carbocycles. The third-order valence-electron chi connectivity index (χ3n) is 8.63. The minimum atomic E-state index is -3.20. The summed E-state index contributed by atoms with van der Waals surface area (Å²) in [5, 5.41) is 3.47. The SMILES string of the molecule is O=S(=O)(CC1CCC(c2[nH]ccc3cnc4nccc4c23)CC1)N1CCCC(CN2CCCC2)C1. The zero-order chi connectivity index (χ0) is 23.8. The molecule has 3 aliphatic rings. The van der Waals surface area contributed by atoms with E-state index in [1.165, 1.54) is 37.0 Å². The van der Waals surface area contributed by atoms with Gasteiger partial charge in [0.2, 0.25) is 10.0 Å². The molecule has 7 nitrogen and oxygen atoms in total. The van der Waals surface area contributed by atoms with Crippen LogP contribution < -0.4 is 0 Å². The molecule has 0 bridgehead atoms. The number of sulfonamides is 1. The molecule has 6 rings (SSSR count). The van der Waals surface area contributed by atoms with Gasteiger partial charge in [0.05, 0.1) is 5.75 Å². The second kappa shape index (κ2) is 9.79. The number of rotatable bonds is 6. The summed E-state index contributed by atoms with van der Waals surface area (Å²) in [4.78, 5) is 14.9. The lowest BCUT2D eigenvalue weighted by molar-refractivity contribution is 0.199. The number of pyridine rings is 2. The zero-order valence-electron chi connectivity index (χ0n) is 20.5. The van der Waals surface area contributed by atoms with Crippen LogP contribution in [-0.2, 0) is 10.0 Å². The quantitative estimate of drug-likeness (QED) is 0.544. The fourth-order valence-corrected chi connectivity index (χ4v) is 8.78. The van der Waals surface area contributed by atoms with E-state index in [0.717, 1.165) is 68.0 Å². The van der Waals surface area contributed by atoms with E-state index >= 15 is 0 Å². The van der Waals surface area contributed by atoms with Crippen molar-refractivity contribution in [1.82, 2.24) is 24.2 Å². The summed E-state index contributed by atoms with van der Waals surface area (Å²) < 4.78 is 28.6. The van der Waals surface area contributed by atoms with Gasteiger partial charge in [-0.25, -0.2) is 22.7 Å². The van der Waals surface area contributed by atoms with E-state index in [1.54, 1.807) is 0 Å². The number of nitrogens with zero attached hydrogens (tertiary/aromatic N) is 4. The molecule has 35 heavy (non-hydrogen) atoms. The molecule has 1 N–H and O–H groups in total. The lowest BCUT2D eigenvalue weighted by Crippen LogP contribution is -2.45. The van der Waals surface area contributed by atoms with E-state index in [4.69, 9.17) is 0 Å². The van der Waals surface area contributed by atoms with Gasteiger partial charge in [0.25, 0.3) is 0 Å². The largest absolute Gasteiger partial charge is 0.364 e. The minimum absolute atomic E-state index is 0.257. The van der Waals surface area contributed by atoms with Crippen molar-refractivity contribution >= 4 is 31.8 Å². The molecule has 2 aliphatic heterocycles. The van der Waals surface area contributed by atoms with Gasteiger partial charge >= 0.3 is 0 Å². The second-order valence-electron chi connectivity index (χ2n) is 11.0. The lowest BCUT2D eigenvalue weighted by atomic mass is 9.80. The minimum Gasteiger partial charge on any atom is -0.364 e. The van der Waals surface area contributed by atoms with Crippen LogP contribution in [0.15, 0.2) is 30.7 Å². The van der Waals surface area contributed by atoms with Crippen LogP contribution >= 0.6 is 0 Å². The Labute approximate surface area is 208 Å². The fraction of sp³-hybridized carbons (Fsp3) is 0.630. The number of nitrogens with one attached hydrogen (secondary N) is 1. The number of fused-ring (bicyclic) bond motifs is 3. The molecule has 0 spiro atoms. The van der Waals surface area contributed by atoms with Gasteiger partial charge in [0.1, 0.15) is 0 Å². The molecule has 188 valence electrons. The molecule has 5 heterocycles. The maximum absolute atomic E-state index is 13.4. The van der Waals surface area contributed by atoms with Crippen LogP contribution in [0.5, 0.6) is 0 Å². The zero-order valence-corrected chi connectivity index (χ0v) is 21.3. The highest BCUT2D eigenvalue weighted by Crippen LogP contribution is 2.40. The molecule has 2 saturated heterocycles. The van der Waals surface area contributed by atoms with Crippen molar-refractivity contribution in [3.05, 3.63) is 36.4 Å². The molecule has 3 aromatic rings. The highest BCUT2D eigenvalue weighted by atomic mass is 32.2. The van der Waals surface area contributed by atoms with Crippen molar-refractivity contribution in [3.63, 3.8) is 0 Å². The van der Waals surface area contributed by atoms with Crippen LogP contribution in [0.3, 0.4) is 0 Å². The third kappa shape index (κ3) is 4.85. The Morgan fingerprint density at radius 2 is 1.77 bits per heavy atom. The van der Waals surface area contributed by atoms with Crippen molar-refractivity contribution in [2.45, 2.75) is 57.3 Å². The van der Waals surface area contributed by atoms with Gasteiger partial charge in [-0.3, -0.25) is 0 Å². The van der Waals surface area contributed by atoms with Gasteiger partial charge < -0.3 is 9.88 Å². The average Bonchev–Trinajstić information content (AvgIpc) is 3.56. The van der Waals surface area contributed by atoms with E-state index < -0.39 is 10.0 Å². The van der Waals surface area contributed by atoms with E-state index in [-0.39, 0.29) is 5.92 Å². The summed E-state index contributed by atoms with van der Waals surface area (Å²) in [6, 6.07) is 4.13. The molecule has 1 atom stereocenters. The van der Waals surface area contributed by atoms with Crippen molar-refractivity contribution < 1.29 is 8.42 Å². The maximum atomic E-state index is 13.4. The standard InChI is InChI=1S/C27H37N5O2S/c33-35(34,32-15-3-4-21(18-32)17-31-13-1-2-14-31)19-20-5-7-22(8-6-20)26-25-23(9-11-28-26)16-30-27-24(25)10-12-29-27/h9-12,16,20-22,28H,1-8,13-15,17-19H2. The van der Waals surface area contributed by atoms with Crippen molar-refractivity contribution in [2.24, 2.45) is 11.8 Å². The maximum Gasteiger partial charge on any atom is 0.214 e. The summed E-state index contributed by atoms with van der Waals surface area (Å²) in [5.74, 6) is 1.48. The third-order valence-corrected chi connectivity index (χ3v) is 10.6. The van der Waals surface area contributed by atoms with E-state index in [9.17, 15) is 8.42 Å². The van der Waals surface area contributed by atoms with Crippen molar-refractivity contribution in [1.29, 1.82) is 0 Å². The fourth-order valence-electron chi connectivity index (χ4n) is 6.80. The Morgan fingerprint density at radius 3 is 2.60 bits per heavy atom. The number of hydrogen-bond donors (Lipinski definition) is 1. The molecule has 0 radical (unpaired) electrons. The van der Waals surface area contributed by atoms with Gasteiger partial charge in [-0.05, 0) is 94.3 Å². The first-order valence-electron chi connectivity index (χ1n) is 13.5. The number of piperidine rings is 1. The van der Waals surface area contributed by atoms with Crippen LogP contribution in [0, 0.1) is 11.8 Å². The van der Waals surface area contributed by atoms with Crippen LogP contribution in [0.2, 0.25) is 0 Å². The topological polar surface area (TPSA) is 82.2 Å². The van der Waals surface area contributed by atoms with Crippen LogP contribution in [-0.4, -0.2) is 71.1 Å². The predicted molar refractivity (Wildman–Crippen MR) is 140 cm³/mol. The molecular formula is C27H37N5O2S.